The van der Waals surface area contributed by atoms with Crippen LogP contribution in [0, 0.1) is 0 Å². The van der Waals surface area contributed by atoms with Gasteiger partial charge in [-0.05, 0) is 63.9 Å². The smallest absolute Gasteiger partial charge is 0.306 e. The van der Waals surface area contributed by atoms with Crippen LogP contribution in [-0.4, -0.2) is 69.4 Å². The van der Waals surface area contributed by atoms with Crippen molar-refractivity contribution in [3.63, 3.8) is 0 Å². The molecule has 0 aliphatic heterocycles. The molecule has 1 N–H and O–H groups in total. The minimum Gasteiger partial charge on any atom is -0.756 e. The van der Waals surface area contributed by atoms with E-state index >= 15 is 0 Å². The summed E-state index contributed by atoms with van der Waals surface area (Å²) in [4.78, 5) is 40.3. The molecule has 0 saturated carbocycles. The van der Waals surface area contributed by atoms with Crippen LogP contribution in [0.3, 0.4) is 0 Å². The predicted molar refractivity (Wildman–Crippen MR) is 376 cm³/mol. The number of likely N-dealkylation sites (N-methyl/N-ethyl adjacent to an activating group) is 1. The summed E-state index contributed by atoms with van der Waals surface area (Å²) in [6.07, 6.45) is 84.2. The first kappa shape index (κ1) is 85.2. The SMILES string of the molecule is CCCCC/C=C\C/C=C\CCCCCCCCCCCCCCCC(=O)OC(/C=C/CCCCCCCCCCCCC)C(COP(=O)([O-])OCC[N+](C)(C)C)NC(=O)CCCCCCCCCCCCCCCCCCCCCCCCCCC. The Hall–Kier alpha value is -1.77. The molecule has 0 aromatic rings. The van der Waals surface area contributed by atoms with Gasteiger partial charge in [-0.3, -0.25) is 14.2 Å². The number of amides is 1. The van der Waals surface area contributed by atoms with Crippen molar-refractivity contribution < 1.29 is 37.3 Å². The van der Waals surface area contributed by atoms with Crippen molar-refractivity contribution in [2.24, 2.45) is 0 Å². The third kappa shape index (κ3) is 68.4. The second-order valence-electron chi connectivity index (χ2n) is 27.5. The van der Waals surface area contributed by atoms with Crippen molar-refractivity contribution in [2.75, 3.05) is 40.9 Å². The number of nitrogens with zero attached hydrogens (tertiary/aromatic N) is 1. The lowest BCUT2D eigenvalue weighted by atomic mass is 10.0. The summed E-state index contributed by atoms with van der Waals surface area (Å²) in [6.45, 7) is 6.90. The molecule has 3 atom stereocenters. The van der Waals surface area contributed by atoms with E-state index < -0.39 is 20.0 Å². The lowest BCUT2D eigenvalue weighted by Crippen LogP contribution is -2.47. The standard InChI is InChI=1S/C77H149N2O7P/c1-7-10-13-16-19-22-25-28-30-32-34-36-38-39-41-42-44-46-48-51-54-57-60-63-66-69-76(80)78-74(73-85-87(82,83)84-72-71-79(4,5)6)75(68-65-62-59-56-53-50-27-24-21-18-15-12-9-3)86-77(81)70-67-64-61-58-55-52-49-47-45-43-40-37-35-33-31-29-26-23-20-17-14-11-8-2/h20,23,29,31,65,68,74-75H,7-19,21-22,24-28,30,32-64,66-67,69-73H2,1-6H3,(H-,78,80,82,83)/b23-20-,31-29-,68-65+. The van der Waals surface area contributed by atoms with Crippen LogP contribution in [0.2, 0.25) is 0 Å². The monoisotopic (exact) mass is 1250 g/mol. The van der Waals surface area contributed by atoms with Gasteiger partial charge in [-0.15, -0.1) is 0 Å². The Balaban J connectivity index is 4.99. The highest BCUT2D eigenvalue weighted by atomic mass is 31.2. The summed E-state index contributed by atoms with van der Waals surface area (Å²) >= 11 is 0. The van der Waals surface area contributed by atoms with E-state index in [0.29, 0.717) is 17.4 Å². The molecular weight excluding hydrogens is 1100 g/mol. The largest absolute Gasteiger partial charge is 0.756 e. The molecule has 87 heavy (non-hydrogen) atoms. The van der Waals surface area contributed by atoms with Crippen molar-refractivity contribution in [3.8, 4) is 0 Å². The van der Waals surface area contributed by atoms with Gasteiger partial charge in [-0.2, -0.15) is 0 Å². The predicted octanol–water partition coefficient (Wildman–Crippen LogP) is 23.9. The lowest BCUT2D eigenvalue weighted by Gasteiger charge is -2.30. The Kier molecular flexibility index (Phi) is 65.8. The summed E-state index contributed by atoms with van der Waals surface area (Å²) in [5.74, 6) is -0.518. The van der Waals surface area contributed by atoms with Crippen LogP contribution in [0.5, 0.6) is 0 Å². The molecule has 3 unspecified atom stereocenters. The lowest BCUT2D eigenvalue weighted by molar-refractivity contribution is -0.870. The summed E-state index contributed by atoms with van der Waals surface area (Å²) < 4.78 is 30.5. The van der Waals surface area contributed by atoms with Crippen molar-refractivity contribution in [1.82, 2.24) is 5.32 Å². The minimum absolute atomic E-state index is 0.0189. The molecule has 0 heterocycles. The fourth-order valence-electron chi connectivity index (χ4n) is 11.7. The number of carbonyl (C=O) groups excluding carboxylic acids is 2. The zero-order valence-corrected chi connectivity index (χ0v) is 59.9. The molecule has 1 amide bonds. The van der Waals surface area contributed by atoms with Crippen molar-refractivity contribution in [3.05, 3.63) is 36.5 Å². The van der Waals surface area contributed by atoms with Crippen molar-refractivity contribution >= 4 is 19.7 Å². The molecular formula is C77H149N2O7P. The molecule has 0 aromatic carbocycles. The zero-order chi connectivity index (χ0) is 63.5. The second kappa shape index (κ2) is 67.1. The second-order valence-corrected chi connectivity index (χ2v) is 28.9. The number of carbonyl (C=O) groups is 2. The number of unbranched alkanes of at least 4 members (excludes halogenated alkanes) is 51. The number of nitrogens with one attached hydrogen (secondary N) is 1. The zero-order valence-electron chi connectivity index (χ0n) is 59.0. The van der Waals surface area contributed by atoms with E-state index in [2.05, 4.69) is 50.4 Å². The highest BCUT2D eigenvalue weighted by Gasteiger charge is 2.27. The van der Waals surface area contributed by atoms with E-state index in [4.69, 9.17) is 13.8 Å². The van der Waals surface area contributed by atoms with E-state index in [0.717, 1.165) is 64.2 Å². The van der Waals surface area contributed by atoms with Gasteiger partial charge >= 0.3 is 5.97 Å². The number of quaternary nitrogens is 1. The van der Waals surface area contributed by atoms with Crippen LogP contribution in [-0.2, 0) is 27.9 Å². The Morgan fingerprint density at radius 3 is 1.06 bits per heavy atom. The molecule has 0 radical (unpaired) electrons. The molecule has 0 rings (SSSR count). The van der Waals surface area contributed by atoms with Crippen LogP contribution in [0.25, 0.3) is 0 Å². The van der Waals surface area contributed by atoms with Crippen LogP contribution in [0.15, 0.2) is 36.5 Å². The first-order valence-corrected chi connectivity index (χ1v) is 39.8. The van der Waals surface area contributed by atoms with Gasteiger partial charge in [0.2, 0.25) is 5.91 Å². The van der Waals surface area contributed by atoms with Gasteiger partial charge < -0.3 is 28.5 Å². The fraction of sp³-hybridized carbons (Fsp3) is 0.896. The number of esters is 1. The van der Waals surface area contributed by atoms with E-state index in [1.807, 2.05) is 33.3 Å². The number of rotatable bonds is 71. The molecule has 0 bridgehead atoms. The fourth-order valence-corrected chi connectivity index (χ4v) is 12.4. The Labute approximate surface area is 542 Å². The van der Waals surface area contributed by atoms with Gasteiger partial charge in [-0.25, -0.2) is 0 Å². The number of hydrogen-bond acceptors (Lipinski definition) is 7. The number of phosphoric acid groups is 1. The minimum atomic E-state index is -4.70. The van der Waals surface area contributed by atoms with Gasteiger partial charge in [0, 0.05) is 12.8 Å². The van der Waals surface area contributed by atoms with Gasteiger partial charge in [0.15, 0.2) is 0 Å². The third-order valence-electron chi connectivity index (χ3n) is 17.6. The highest BCUT2D eigenvalue weighted by Crippen LogP contribution is 2.38. The number of allylic oxidation sites excluding steroid dienone is 5. The maximum atomic E-state index is 13.6. The van der Waals surface area contributed by atoms with Crippen LogP contribution in [0.4, 0.5) is 0 Å². The van der Waals surface area contributed by atoms with Crippen LogP contribution in [0.1, 0.15) is 393 Å². The van der Waals surface area contributed by atoms with E-state index in [1.165, 1.54) is 295 Å². The van der Waals surface area contributed by atoms with Gasteiger partial charge in [0.1, 0.15) is 19.3 Å². The summed E-state index contributed by atoms with van der Waals surface area (Å²) in [5, 5.41) is 3.06. The molecule has 514 valence electrons. The normalized spacial score (nSPS) is 13.6. The number of ether oxygens (including phenoxy) is 1. The Bertz CT molecular complexity index is 1580. The molecule has 10 heteroatoms. The van der Waals surface area contributed by atoms with E-state index in [-0.39, 0.29) is 31.5 Å². The van der Waals surface area contributed by atoms with Crippen molar-refractivity contribution in [1.29, 1.82) is 0 Å². The first-order valence-electron chi connectivity index (χ1n) is 38.3. The van der Waals surface area contributed by atoms with Gasteiger partial charge in [-0.1, -0.05) is 353 Å². The maximum absolute atomic E-state index is 13.6. The quantitative estimate of drug-likeness (QED) is 0.0212. The average molecular weight is 1250 g/mol. The van der Waals surface area contributed by atoms with E-state index in [1.54, 1.807) is 0 Å². The van der Waals surface area contributed by atoms with Crippen LogP contribution >= 0.6 is 7.82 Å². The van der Waals surface area contributed by atoms with Crippen LogP contribution < -0.4 is 10.2 Å². The van der Waals surface area contributed by atoms with Gasteiger partial charge in [0.05, 0.1) is 33.8 Å². The molecule has 0 aliphatic carbocycles. The summed E-state index contributed by atoms with van der Waals surface area (Å²) in [5.41, 5.74) is 0. The molecule has 0 aromatic heterocycles. The Morgan fingerprint density at radius 1 is 0.402 bits per heavy atom. The highest BCUT2D eigenvalue weighted by molar-refractivity contribution is 7.45. The molecule has 9 nitrogen and oxygen atoms in total. The average Bonchev–Trinajstić information content (AvgIpc) is 3.70. The maximum Gasteiger partial charge on any atom is 0.306 e. The molecule has 0 spiro atoms. The topological polar surface area (TPSA) is 114 Å². The number of phosphoric ester groups is 1. The number of hydrogen-bond donors (Lipinski definition) is 1. The van der Waals surface area contributed by atoms with Gasteiger partial charge in [0.25, 0.3) is 7.82 Å². The molecule has 0 aliphatic rings. The Morgan fingerprint density at radius 2 is 0.701 bits per heavy atom. The molecule has 0 saturated heterocycles. The van der Waals surface area contributed by atoms with Crippen molar-refractivity contribution in [2.45, 2.75) is 405 Å². The first-order chi connectivity index (χ1) is 42.4. The summed E-state index contributed by atoms with van der Waals surface area (Å²) in [7, 11) is 1.21. The summed E-state index contributed by atoms with van der Waals surface area (Å²) in [6, 6.07) is -0.886. The molecule has 0 fully saturated rings. The third-order valence-corrected chi connectivity index (χ3v) is 18.5. The van der Waals surface area contributed by atoms with E-state index in [9.17, 15) is 19.0 Å².